The zero-order valence-corrected chi connectivity index (χ0v) is 12.3. The third kappa shape index (κ3) is 3.06. The van der Waals surface area contributed by atoms with Crippen molar-refractivity contribution in [2.75, 3.05) is 19.3 Å². The van der Waals surface area contributed by atoms with Gasteiger partial charge in [-0.15, -0.1) is 11.8 Å². The largest absolute Gasteiger partial charge is 0.354 e. The molecule has 0 unspecified atom stereocenters. The van der Waals surface area contributed by atoms with Crippen molar-refractivity contribution in [2.24, 2.45) is 5.73 Å². The number of carbonyl (C=O) groups excluding carboxylic acids is 3. The highest BCUT2D eigenvalue weighted by Gasteiger charge is 2.35. The van der Waals surface area contributed by atoms with Gasteiger partial charge in [0.1, 0.15) is 5.56 Å². The first kappa shape index (κ1) is 15.5. The van der Waals surface area contributed by atoms with Gasteiger partial charge in [0, 0.05) is 13.1 Å². The summed E-state index contributed by atoms with van der Waals surface area (Å²) in [6.07, 6.45) is 2.93. The van der Waals surface area contributed by atoms with Crippen LogP contribution < -0.4 is 11.1 Å². The molecule has 2 rings (SSSR count). The molecule has 1 heterocycles. The number of nitrogens with one attached hydrogen (secondary N) is 1. The molecule has 112 valence electrons. The third-order valence-electron chi connectivity index (χ3n) is 2.93. The average Bonchev–Trinajstić information content (AvgIpc) is 2.93. The minimum atomic E-state index is -0.560. The smallest absolute Gasteiger partial charge is 0.274 e. The van der Waals surface area contributed by atoms with Crippen molar-refractivity contribution < 1.29 is 18.9 Å². The molecule has 21 heavy (non-hydrogen) atoms. The van der Waals surface area contributed by atoms with E-state index in [0.717, 1.165) is 12.8 Å². The van der Waals surface area contributed by atoms with Gasteiger partial charge in [0.05, 0.1) is 4.91 Å². The van der Waals surface area contributed by atoms with Crippen LogP contribution in [0.1, 0.15) is 44.2 Å². The summed E-state index contributed by atoms with van der Waals surface area (Å²) in [6, 6.07) is 0. The molecule has 0 saturated heterocycles. The van der Waals surface area contributed by atoms with Crippen molar-refractivity contribution in [3.05, 3.63) is 28.0 Å². The number of aromatic nitrogens is 1. The van der Waals surface area contributed by atoms with Crippen LogP contribution in [0, 0.1) is 0 Å². The van der Waals surface area contributed by atoms with Crippen molar-refractivity contribution in [2.45, 2.75) is 12.8 Å². The second kappa shape index (κ2) is 6.68. The molecular formula is C13H15N3O4S. The Labute approximate surface area is 125 Å². The lowest BCUT2D eigenvalue weighted by molar-refractivity contribution is 0.0944. The lowest BCUT2D eigenvalue weighted by Crippen LogP contribution is -2.23. The Balaban J connectivity index is 2.23. The average molecular weight is 309 g/mol. The van der Waals surface area contributed by atoms with Crippen LogP contribution in [-0.4, -0.2) is 42.0 Å². The van der Waals surface area contributed by atoms with Crippen LogP contribution in [-0.2, 0) is 0 Å². The van der Waals surface area contributed by atoms with E-state index in [4.69, 9.17) is 10.3 Å². The second-order valence-corrected chi connectivity index (χ2v) is 5.50. The lowest BCUT2D eigenvalue weighted by atomic mass is 10.00. The van der Waals surface area contributed by atoms with Gasteiger partial charge in [-0.25, -0.2) is 0 Å². The van der Waals surface area contributed by atoms with Gasteiger partial charge in [-0.3, -0.25) is 14.4 Å². The van der Waals surface area contributed by atoms with Gasteiger partial charge >= 0.3 is 0 Å². The standard InChI is InChI=1S/C13H15N3O4S/c1-15-13(19)10-9-11(18)8(21-5-3-2-4-14)6-7(17)12(9)20-16-10/h6H,2-5,14H2,1H3,(H,15,19). The quantitative estimate of drug-likeness (QED) is 0.746. The first-order valence-electron chi connectivity index (χ1n) is 6.45. The molecule has 0 atom stereocenters. The summed E-state index contributed by atoms with van der Waals surface area (Å²) >= 11 is 1.28. The molecule has 0 saturated carbocycles. The van der Waals surface area contributed by atoms with Crippen LogP contribution in [0.5, 0.6) is 0 Å². The van der Waals surface area contributed by atoms with Crippen LogP contribution in [0.15, 0.2) is 15.5 Å². The number of ketones is 2. The predicted octanol–water partition coefficient (Wildman–Crippen LogP) is 0.769. The highest BCUT2D eigenvalue weighted by molar-refractivity contribution is 8.04. The van der Waals surface area contributed by atoms with Crippen LogP contribution in [0.4, 0.5) is 0 Å². The molecule has 8 heteroatoms. The number of hydrogen-bond acceptors (Lipinski definition) is 7. The van der Waals surface area contributed by atoms with Gasteiger partial charge < -0.3 is 15.6 Å². The summed E-state index contributed by atoms with van der Waals surface area (Å²) < 4.78 is 4.83. The first-order chi connectivity index (χ1) is 10.1. The van der Waals surface area contributed by atoms with Crippen molar-refractivity contribution in [3.63, 3.8) is 0 Å². The van der Waals surface area contributed by atoms with E-state index in [1.165, 1.54) is 24.9 Å². The number of amides is 1. The maximum atomic E-state index is 12.4. The van der Waals surface area contributed by atoms with E-state index in [2.05, 4.69) is 10.5 Å². The number of allylic oxidation sites excluding steroid dienone is 2. The zero-order valence-electron chi connectivity index (χ0n) is 11.5. The number of nitrogens with two attached hydrogens (primary N) is 1. The van der Waals surface area contributed by atoms with Crippen molar-refractivity contribution in [3.8, 4) is 0 Å². The molecule has 0 radical (unpaired) electrons. The fraction of sp³-hybridized carbons (Fsp3) is 0.385. The highest BCUT2D eigenvalue weighted by Crippen LogP contribution is 2.30. The van der Waals surface area contributed by atoms with E-state index in [1.807, 2.05) is 0 Å². The Hall–Kier alpha value is -1.93. The SMILES string of the molecule is CNC(=O)c1noc2c1C(=O)C(SCCCCN)=CC2=O. The van der Waals surface area contributed by atoms with Gasteiger partial charge in [-0.1, -0.05) is 5.16 Å². The van der Waals surface area contributed by atoms with Gasteiger partial charge in [-0.05, 0) is 25.1 Å². The fourth-order valence-electron chi connectivity index (χ4n) is 1.85. The topological polar surface area (TPSA) is 115 Å². The third-order valence-corrected chi connectivity index (χ3v) is 4.03. The second-order valence-electron chi connectivity index (χ2n) is 4.36. The molecule has 0 aliphatic heterocycles. The number of fused-ring (bicyclic) bond motifs is 1. The Morgan fingerprint density at radius 3 is 2.86 bits per heavy atom. The Morgan fingerprint density at radius 2 is 2.19 bits per heavy atom. The van der Waals surface area contributed by atoms with Crippen molar-refractivity contribution in [1.82, 2.24) is 10.5 Å². The molecule has 0 fully saturated rings. The van der Waals surface area contributed by atoms with Gasteiger partial charge in [0.2, 0.25) is 17.3 Å². The fourth-order valence-corrected chi connectivity index (χ4v) is 2.84. The normalized spacial score (nSPS) is 13.9. The summed E-state index contributed by atoms with van der Waals surface area (Å²) in [7, 11) is 1.41. The van der Waals surface area contributed by atoms with Gasteiger partial charge in [0.15, 0.2) is 5.69 Å². The summed E-state index contributed by atoms with van der Waals surface area (Å²) in [5, 5.41) is 5.89. The molecule has 3 N–H and O–H groups in total. The zero-order chi connectivity index (χ0) is 15.4. The summed E-state index contributed by atoms with van der Waals surface area (Å²) in [5.74, 6) is -0.908. The number of Topliss-reactive ketones (excluding diaryl/α,β-unsaturated/α-hetero) is 1. The van der Waals surface area contributed by atoms with E-state index >= 15 is 0 Å². The minimum Gasteiger partial charge on any atom is -0.354 e. The number of rotatable bonds is 6. The number of hydrogen-bond donors (Lipinski definition) is 2. The summed E-state index contributed by atoms with van der Waals surface area (Å²) in [4.78, 5) is 36.3. The summed E-state index contributed by atoms with van der Waals surface area (Å²) in [6.45, 7) is 0.586. The maximum Gasteiger partial charge on any atom is 0.274 e. The predicted molar refractivity (Wildman–Crippen MR) is 77.4 cm³/mol. The van der Waals surface area contributed by atoms with Crippen LogP contribution in [0.2, 0.25) is 0 Å². The van der Waals surface area contributed by atoms with E-state index in [1.54, 1.807) is 0 Å². The first-order valence-corrected chi connectivity index (χ1v) is 7.44. The molecule has 1 amide bonds. The van der Waals surface area contributed by atoms with Crippen LogP contribution >= 0.6 is 11.8 Å². The molecule has 0 spiro atoms. The van der Waals surface area contributed by atoms with Gasteiger partial charge in [0.25, 0.3) is 5.91 Å². The monoisotopic (exact) mass is 309 g/mol. The number of unbranched alkanes of at least 4 members (excludes halogenated alkanes) is 1. The Morgan fingerprint density at radius 1 is 1.43 bits per heavy atom. The van der Waals surface area contributed by atoms with Crippen LogP contribution in [0.3, 0.4) is 0 Å². The van der Waals surface area contributed by atoms with Crippen LogP contribution in [0.25, 0.3) is 0 Å². The number of nitrogens with zero attached hydrogens (tertiary/aromatic N) is 1. The van der Waals surface area contributed by atoms with Crippen molar-refractivity contribution in [1.29, 1.82) is 0 Å². The van der Waals surface area contributed by atoms with E-state index in [-0.39, 0.29) is 17.0 Å². The molecule has 1 aliphatic carbocycles. The van der Waals surface area contributed by atoms with E-state index < -0.39 is 17.5 Å². The molecule has 1 aromatic heterocycles. The molecule has 7 nitrogen and oxygen atoms in total. The highest BCUT2D eigenvalue weighted by atomic mass is 32.2. The molecule has 0 aromatic carbocycles. The minimum absolute atomic E-state index is 0.0526. The number of thioether (sulfide) groups is 1. The number of carbonyl (C=O) groups is 3. The van der Waals surface area contributed by atoms with E-state index in [0.29, 0.717) is 17.2 Å². The van der Waals surface area contributed by atoms with Crippen molar-refractivity contribution >= 4 is 29.2 Å². The maximum absolute atomic E-state index is 12.4. The summed E-state index contributed by atoms with van der Waals surface area (Å²) in [5.41, 5.74) is 5.20. The Kier molecular flexibility index (Phi) is 4.92. The van der Waals surface area contributed by atoms with E-state index in [9.17, 15) is 14.4 Å². The Bertz CT molecular complexity index is 621. The molecule has 0 bridgehead atoms. The molecule has 1 aliphatic rings. The van der Waals surface area contributed by atoms with Gasteiger partial charge in [-0.2, -0.15) is 0 Å². The lowest BCUT2D eigenvalue weighted by Gasteiger charge is -2.10. The molecule has 1 aromatic rings. The molecular weight excluding hydrogens is 294 g/mol.